The second kappa shape index (κ2) is 11.4. The first-order valence-electron chi connectivity index (χ1n) is 13.5. The number of benzene rings is 3. The Morgan fingerprint density at radius 2 is 1.52 bits per heavy atom. The lowest BCUT2D eigenvalue weighted by atomic mass is 9.84. The van der Waals surface area contributed by atoms with Crippen molar-refractivity contribution in [3.63, 3.8) is 0 Å². The van der Waals surface area contributed by atoms with Crippen LogP contribution in [-0.4, -0.2) is 47.0 Å². The standard InChI is InChI=1S/C31H32ClNO6S/c32-26-13-9-23(10-14-26)24-11-15-27(16-12-24)40(38,39)33(20-29(34)35)31(30(36)37)19-28(31)25-8-4-7-22(18-25)17-21-5-2-1-3-6-21/h4,7-16,18,21,28H,1-3,5-6,17,19-20H2,(H,34,35)(H,36,37). The van der Waals surface area contributed by atoms with Gasteiger partial charge < -0.3 is 10.2 Å². The summed E-state index contributed by atoms with van der Waals surface area (Å²) in [6.45, 7) is -0.953. The van der Waals surface area contributed by atoms with E-state index in [-0.39, 0.29) is 11.3 Å². The molecule has 0 amide bonds. The predicted octanol–water partition coefficient (Wildman–Crippen LogP) is 6.22. The molecule has 2 unspecified atom stereocenters. The van der Waals surface area contributed by atoms with Crippen molar-refractivity contribution in [3.05, 3.63) is 88.9 Å². The number of halogens is 1. The normalized spacial score (nSPS) is 21.3. The molecule has 0 radical (unpaired) electrons. The maximum Gasteiger partial charge on any atom is 0.325 e. The third-order valence-electron chi connectivity index (χ3n) is 8.25. The molecular formula is C31H32ClNO6S. The van der Waals surface area contributed by atoms with Crippen LogP contribution in [0.5, 0.6) is 0 Å². The fourth-order valence-electron chi connectivity index (χ4n) is 6.08. The van der Waals surface area contributed by atoms with Gasteiger partial charge in [-0.05, 0) is 65.3 Å². The molecule has 7 nitrogen and oxygen atoms in total. The molecule has 2 atom stereocenters. The van der Waals surface area contributed by atoms with Crippen LogP contribution in [0.1, 0.15) is 55.6 Å². The number of carbonyl (C=O) groups is 2. The zero-order valence-electron chi connectivity index (χ0n) is 22.0. The minimum absolute atomic E-state index is 0.00455. The van der Waals surface area contributed by atoms with Gasteiger partial charge in [0.1, 0.15) is 12.1 Å². The van der Waals surface area contributed by atoms with E-state index in [1.807, 2.05) is 24.3 Å². The lowest BCUT2D eigenvalue weighted by Gasteiger charge is -2.28. The van der Waals surface area contributed by atoms with Crippen LogP contribution < -0.4 is 0 Å². The summed E-state index contributed by atoms with van der Waals surface area (Å²) in [4.78, 5) is 24.4. The van der Waals surface area contributed by atoms with E-state index in [0.29, 0.717) is 15.2 Å². The van der Waals surface area contributed by atoms with Gasteiger partial charge in [0.15, 0.2) is 0 Å². The van der Waals surface area contributed by atoms with Gasteiger partial charge in [0.05, 0.1) is 4.90 Å². The molecule has 40 heavy (non-hydrogen) atoms. The maximum absolute atomic E-state index is 13.8. The van der Waals surface area contributed by atoms with Gasteiger partial charge >= 0.3 is 11.9 Å². The van der Waals surface area contributed by atoms with Crippen LogP contribution in [0.2, 0.25) is 5.02 Å². The van der Waals surface area contributed by atoms with E-state index in [0.717, 1.165) is 28.7 Å². The summed E-state index contributed by atoms with van der Waals surface area (Å²) in [5.41, 5.74) is 1.51. The Labute approximate surface area is 239 Å². The SMILES string of the molecule is O=C(O)CN(C1(C(=O)O)CC1c1cccc(CC2CCCCC2)c1)S(=O)(=O)c1ccc(-c2ccc(Cl)cc2)cc1. The Morgan fingerprint density at radius 3 is 2.12 bits per heavy atom. The summed E-state index contributed by atoms with van der Waals surface area (Å²) in [7, 11) is -4.47. The molecule has 5 rings (SSSR count). The van der Waals surface area contributed by atoms with E-state index in [9.17, 15) is 28.2 Å². The topological polar surface area (TPSA) is 112 Å². The van der Waals surface area contributed by atoms with Crippen LogP contribution in [0.15, 0.2) is 77.7 Å². The van der Waals surface area contributed by atoms with Crippen LogP contribution in [0.4, 0.5) is 0 Å². The van der Waals surface area contributed by atoms with Crippen molar-refractivity contribution >= 4 is 33.6 Å². The second-order valence-corrected chi connectivity index (χ2v) is 13.2. The van der Waals surface area contributed by atoms with Crippen molar-refractivity contribution in [2.75, 3.05) is 6.54 Å². The van der Waals surface area contributed by atoms with E-state index in [1.54, 1.807) is 36.4 Å². The van der Waals surface area contributed by atoms with E-state index >= 15 is 0 Å². The highest BCUT2D eigenvalue weighted by atomic mass is 35.5. The van der Waals surface area contributed by atoms with E-state index in [1.165, 1.54) is 44.2 Å². The summed E-state index contributed by atoms with van der Waals surface area (Å²) in [6.07, 6.45) is 6.96. The fourth-order valence-corrected chi connectivity index (χ4v) is 7.93. The van der Waals surface area contributed by atoms with Crippen LogP contribution in [0.3, 0.4) is 0 Å². The van der Waals surface area contributed by atoms with Gasteiger partial charge in [-0.2, -0.15) is 4.31 Å². The lowest BCUT2D eigenvalue weighted by molar-refractivity contribution is -0.145. The number of nitrogens with zero attached hydrogens (tertiary/aromatic N) is 1. The van der Waals surface area contributed by atoms with Crippen LogP contribution in [-0.2, 0) is 26.0 Å². The van der Waals surface area contributed by atoms with Crippen molar-refractivity contribution in [1.29, 1.82) is 0 Å². The predicted molar refractivity (Wildman–Crippen MR) is 153 cm³/mol. The van der Waals surface area contributed by atoms with E-state index in [2.05, 4.69) is 0 Å². The van der Waals surface area contributed by atoms with Gasteiger partial charge in [-0.25, -0.2) is 8.42 Å². The highest BCUT2D eigenvalue weighted by molar-refractivity contribution is 7.89. The van der Waals surface area contributed by atoms with Gasteiger partial charge in [0.25, 0.3) is 0 Å². The minimum Gasteiger partial charge on any atom is -0.480 e. The van der Waals surface area contributed by atoms with Crippen molar-refractivity contribution in [2.45, 2.75) is 61.3 Å². The fraction of sp³-hybridized carbons (Fsp3) is 0.355. The Balaban J connectivity index is 1.45. The zero-order valence-corrected chi connectivity index (χ0v) is 23.6. The average molecular weight is 582 g/mol. The van der Waals surface area contributed by atoms with Crippen LogP contribution in [0, 0.1) is 5.92 Å². The summed E-state index contributed by atoms with van der Waals surface area (Å²) in [5.74, 6) is -2.83. The zero-order chi connectivity index (χ0) is 28.5. The molecule has 0 heterocycles. The first kappa shape index (κ1) is 28.3. The largest absolute Gasteiger partial charge is 0.480 e. The highest BCUT2D eigenvalue weighted by Gasteiger charge is 2.68. The first-order chi connectivity index (χ1) is 19.1. The second-order valence-electron chi connectivity index (χ2n) is 10.9. The molecule has 0 spiro atoms. The molecule has 2 saturated carbocycles. The summed E-state index contributed by atoms with van der Waals surface area (Å²) in [5, 5.41) is 20.6. The van der Waals surface area contributed by atoms with E-state index in [4.69, 9.17) is 11.6 Å². The van der Waals surface area contributed by atoms with Gasteiger partial charge in [-0.1, -0.05) is 92.2 Å². The number of carboxylic acid groups (broad SMARTS) is 2. The molecule has 2 N–H and O–H groups in total. The quantitative estimate of drug-likeness (QED) is 0.294. The van der Waals surface area contributed by atoms with Gasteiger partial charge in [-0.15, -0.1) is 0 Å². The minimum atomic E-state index is -4.47. The van der Waals surface area contributed by atoms with Crippen molar-refractivity contribution in [2.24, 2.45) is 5.92 Å². The molecule has 0 bridgehead atoms. The molecule has 0 aliphatic heterocycles. The van der Waals surface area contributed by atoms with Gasteiger partial charge in [-0.3, -0.25) is 9.59 Å². The molecule has 210 valence electrons. The number of rotatable bonds is 10. The Hall–Kier alpha value is -3.20. The average Bonchev–Trinajstić information content (AvgIpc) is 3.70. The summed E-state index contributed by atoms with van der Waals surface area (Å²) < 4.78 is 28.3. The molecular weight excluding hydrogens is 550 g/mol. The molecule has 0 saturated heterocycles. The van der Waals surface area contributed by atoms with Gasteiger partial charge in [0, 0.05) is 10.9 Å². The molecule has 2 fully saturated rings. The third-order valence-corrected chi connectivity index (χ3v) is 10.4. The lowest BCUT2D eigenvalue weighted by Crippen LogP contribution is -2.50. The van der Waals surface area contributed by atoms with Crippen LogP contribution in [0.25, 0.3) is 11.1 Å². The summed E-state index contributed by atoms with van der Waals surface area (Å²) in [6, 6.07) is 20.7. The van der Waals surface area contributed by atoms with Crippen molar-refractivity contribution in [3.8, 4) is 11.1 Å². The molecule has 9 heteroatoms. The molecule has 3 aromatic rings. The van der Waals surface area contributed by atoms with Crippen LogP contribution >= 0.6 is 11.6 Å². The van der Waals surface area contributed by atoms with Gasteiger partial charge in [0.2, 0.25) is 10.0 Å². The third kappa shape index (κ3) is 5.66. The molecule has 2 aliphatic rings. The number of hydrogen-bond acceptors (Lipinski definition) is 4. The number of hydrogen-bond donors (Lipinski definition) is 2. The van der Waals surface area contributed by atoms with E-state index < -0.39 is 40.0 Å². The number of aliphatic carboxylic acids is 2. The molecule has 0 aromatic heterocycles. The summed E-state index contributed by atoms with van der Waals surface area (Å²) >= 11 is 5.96. The number of carboxylic acids is 2. The highest BCUT2D eigenvalue weighted by Crippen LogP contribution is 2.57. The molecule has 3 aromatic carbocycles. The Morgan fingerprint density at radius 1 is 0.900 bits per heavy atom. The monoisotopic (exact) mass is 581 g/mol. The Kier molecular flexibility index (Phi) is 8.04. The maximum atomic E-state index is 13.8. The number of sulfonamides is 1. The van der Waals surface area contributed by atoms with Crippen molar-refractivity contribution < 1.29 is 28.2 Å². The molecule has 2 aliphatic carbocycles. The van der Waals surface area contributed by atoms with Crippen molar-refractivity contribution in [1.82, 2.24) is 4.31 Å². The first-order valence-corrected chi connectivity index (χ1v) is 15.4. The Bertz CT molecular complexity index is 1500. The smallest absolute Gasteiger partial charge is 0.325 e.